The molecule has 1 aromatic carbocycles. The second kappa shape index (κ2) is 3.93. The van der Waals surface area contributed by atoms with E-state index in [1.165, 1.54) is 23.3 Å². The smallest absolute Gasteiger partial charge is 0.131 e. The predicted octanol–water partition coefficient (Wildman–Crippen LogP) is 2.84. The fourth-order valence-corrected chi connectivity index (χ4v) is 2.48. The van der Waals surface area contributed by atoms with Gasteiger partial charge in [-0.15, -0.1) is 0 Å². The largest absolute Gasteiger partial charge is 0.492 e. The summed E-state index contributed by atoms with van der Waals surface area (Å²) in [4.78, 5) is 4.69. The first kappa shape index (κ1) is 9.88. The summed E-state index contributed by atoms with van der Waals surface area (Å²) in [7, 11) is 0. The zero-order valence-electron chi connectivity index (χ0n) is 9.70. The number of aliphatic imine (C=N–C) groups is 1. The van der Waals surface area contributed by atoms with E-state index in [4.69, 9.17) is 9.73 Å². The van der Waals surface area contributed by atoms with Crippen LogP contribution in [-0.4, -0.2) is 18.9 Å². The van der Waals surface area contributed by atoms with Crippen LogP contribution in [0.15, 0.2) is 23.2 Å². The molecule has 0 unspecified atom stereocenters. The minimum Gasteiger partial charge on any atom is -0.492 e. The number of benzene rings is 1. The molecule has 0 saturated heterocycles. The third-order valence-electron chi connectivity index (χ3n) is 3.49. The van der Waals surface area contributed by atoms with Crippen molar-refractivity contribution in [3.05, 3.63) is 29.3 Å². The van der Waals surface area contributed by atoms with Crippen LogP contribution in [0.5, 0.6) is 5.75 Å². The molecular weight excluding hydrogens is 198 g/mol. The van der Waals surface area contributed by atoms with Crippen molar-refractivity contribution in [2.24, 2.45) is 10.9 Å². The summed E-state index contributed by atoms with van der Waals surface area (Å²) in [6.07, 6.45) is 3.40. The number of nitrogens with zero attached hydrogens (tertiary/aromatic N) is 1. The summed E-state index contributed by atoms with van der Waals surface area (Å²) in [6, 6.07) is 6.44. The number of ether oxygens (including phenoxy) is 1. The average Bonchev–Trinajstić information content (AvgIpc) is 2.78. The van der Waals surface area contributed by atoms with Crippen molar-refractivity contribution in [2.45, 2.75) is 26.2 Å². The van der Waals surface area contributed by atoms with E-state index in [9.17, 15) is 0 Å². The number of para-hydroxylation sites is 1. The van der Waals surface area contributed by atoms with Gasteiger partial charge in [0.2, 0.25) is 0 Å². The molecule has 3 rings (SSSR count). The van der Waals surface area contributed by atoms with E-state index < -0.39 is 0 Å². The molecule has 0 bridgehead atoms. The summed E-state index contributed by atoms with van der Waals surface area (Å²) >= 11 is 0. The SMILES string of the molecule is C[C@H]1CCC(c2cccc3c2OCC3)=NC1. The van der Waals surface area contributed by atoms with Crippen LogP contribution in [0.25, 0.3) is 0 Å². The second-order valence-electron chi connectivity index (χ2n) is 4.82. The van der Waals surface area contributed by atoms with E-state index in [1.54, 1.807) is 0 Å². The van der Waals surface area contributed by atoms with Crippen molar-refractivity contribution in [3.63, 3.8) is 0 Å². The monoisotopic (exact) mass is 215 g/mol. The highest BCUT2D eigenvalue weighted by atomic mass is 16.5. The molecule has 2 nitrogen and oxygen atoms in total. The molecule has 0 aliphatic carbocycles. The Bertz CT molecular complexity index is 436. The summed E-state index contributed by atoms with van der Waals surface area (Å²) in [5.74, 6) is 1.83. The standard InChI is InChI=1S/C14H17NO/c1-10-5-6-13(15-9-10)12-4-2-3-11-7-8-16-14(11)12/h2-4,10H,5-9H2,1H3/t10-/m0/s1. The zero-order chi connectivity index (χ0) is 11.0. The Balaban J connectivity index is 1.98. The summed E-state index contributed by atoms with van der Waals surface area (Å²) < 4.78 is 5.73. The highest BCUT2D eigenvalue weighted by Crippen LogP contribution is 2.32. The fraction of sp³-hybridized carbons (Fsp3) is 0.500. The summed E-state index contributed by atoms with van der Waals surface area (Å²) in [5, 5.41) is 0. The van der Waals surface area contributed by atoms with Crippen LogP contribution < -0.4 is 4.74 Å². The number of rotatable bonds is 1. The molecule has 0 aromatic heterocycles. The Morgan fingerprint density at radius 1 is 1.31 bits per heavy atom. The van der Waals surface area contributed by atoms with Gasteiger partial charge in [-0.1, -0.05) is 19.1 Å². The van der Waals surface area contributed by atoms with E-state index in [-0.39, 0.29) is 0 Å². The van der Waals surface area contributed by atoms with Crippen LogP contribution in [0.4, 0.5) is 0 Å². The lowest BCUT2D eigenvalue weighted by atomic mass is 9.94. The van der Waals surface area contributed by atoms with Gasteiger partial charge in [-0.3, -0.25) is 4.99 Å². The molecule has 2 aliphatic rings. The first-order valence-electron chi connectivity index (χ1n) is 6.13. The van der Waals surface area contributed by atoms with Gasteiger partial charge >= 0.3 is 0 Å². The number of hydrogen-bond donors (Lipinski definition) is 0. The quantitative estimate of drug-likeness (QED) is 0.706. The van der Waals surface area contributed by atoms with Crippen LogP contribution in [0.1, 0.15) is 30.9 Å². The Hall–Kier alpha value is -1.31. The summed E-state index contributed by atoms with van der Waals surface area (Å²) in [6.45, 7) is 4.07. The minimum atomic E-state index is 0.737. The Morgan fingerprint density at radius 3 is 3.06 bits per heavy atom. The lowest BCUT2D eigenvalue weighted by Gasteiger charge is -2.18. The number of fused-ring (bicyclic) bond motifs is 1. The van der Waals surface area contributed by atoms with Gasteiger partial charge in [0.15, 0.2) is 0 Å². The van der Waals surface area contributed by atoms with Crippen molar-refractivity contribution in [1.29, 1.82) is 0 Å². The molecule has 0 fully saturated rings. The van der Waals surface area contributed by atoms with Gasteiger partial charge in [-0.05, 0) is 30.4 Å². The highest BCUT2D eigenvalue weighted by molar-refractivity contribution is 6.03. The third-order valence-corrected chi connectivity index (χ3v) is 3.49. The minimum absolute atomic E-state index is 0.737. The molecule has 1 atom stereocenters. The van der Waals surface area contributed by atoms with Crippen molar-refractivity contribution in [1.82, 2.24) is 0 Å². The molecule has 84 valence electrons. The van der Waals surface area contributed by atoms with E-state index in [0.717, 1.165) is 37.7 Å². The van der Waals surface area contributed by atoms with E-state index in [2.05, 4.69) is 25.1 Å². The molecule has 16 heavy (non-hydrogen) atoms. The van der Waals surface area contributed by atoms with Crippen LogP contribution in [0.2, 0.25) is 0 Å². The number of hydrogen-bond acceptors (Lipinski definition) is 2. The molecule has 2 aliphatic heterocycles. The fourth-order valence-electron chi connectivity index (χ4n) is 2.48. The summed E-state index contributed by atoms with van der Waals surface area (Å²) in [5.41, 5.74) is 3.83. The molecule has 0 N–H and O–H groups in total. The van der Waals surface area contributed by atoms with Gasteiger partial charge in [0.05, 0.1) is 6.61 Å². The first-order chi connectivity index (χ1) is 7.84. The molecular formula is C14H17NO. The van der Waals surface area contributed by atoms with Gasteiger partial charge in [-0.25, -0.2) is 0 Å². The van der Waals surface area contributed by atoms with Crippen LogP contribution in [0.3, 0.4) is 0 Å². The van der Waals surface area contributed by atoms with E-state index in [1.807, 2.05) is 0 Å². The average molecular weight is 215 g/mol. The van der Waals surface area contributed by atoms with Gasteiger partial charge < -0.3 is 4.74 Å². The van der Waals surface area contributed by atoms with Crippen molar-refractivity contribution in [3.8, 4) is 5.75 Å². The van der Waals surface area contributed by atoms with Crippen LogP contribution >= 0.6 is 0 Å². The topological polar surface area (TPSA) is 21.6 Å². The molecule has 0 radical (unpaired) electrons. The molecule has 2 heterocycles. The van der Waals surface area contributed by atoms with Crippen LogP contribution in [-0.2, 0) is 6.42 Å². The maximum atomic E-state index is 5.73. The van der Waals surface area contributed by atoms with E-state index >= 15 is 0 Å². The van der Waals surface area contributed by atoms with Crippen molar-refractivity contribution < 1.29 is 4.74 Å². The Kier molecular flexibility index (Phi) is 2.43. The maximum Gasteiger partial charge on any atom is 0.131 e. The molecule has 0 saturated carbocycles. The molecule has 1 aromatic rings. The first-order valence-corrected chi connectivity index (χ1v) is 6.13. The lowest BCUT2D eigenvalue weighted by molar-refractivity contribution is 0.356. The second-order valence-corrected chi connectivity index (χ2v) is 4.82. The Labute approximate surface area is 96.3 Å². The zero-order valence-corrected chi connectivity index (χ0v) is 9.70. The van der Waals surface area contributed by atoms with Gasteiger partial charge in [0.1, 0.15) is 5.75 Å². The molecule has 0 spiro atoms. The van der Waals surface area contributed by atoms with Crippen molar-refractivity contribution in [2.75, 3.05) is 13.2 Å². The third kappa shape index (κ3) is 1.62. The Morgan fingerprint density at radius 2 is 2.25 bits per heavy atom. The maximum absolute atomic E-state index is 5.73. The predicted molar refractivity (Wildman–Crippen MR) is 65.4 cm³/mol. The normalized spacial score (nSPS) is 23.6. The molecule has 0 amide bonds. The van der Waals surface area contributed by atoms with Gasteiger partial charge in [-0.2, -0.15) is 0 Å². The van der Waals surface area contributed by atoms with Crippen LogP contribution in [0, 0.1) is 5.92 Å². The molecule has 2 heteroatoms. The van der Waals surface area contributed by atoms with E-state index in [0.29, 0.717) is 0 Å². The lowest BCUT2D eigenvalue weighted by Crippen LogP contribution is -2.14. The highest BCUT2D eigenvalue weighted by Gasteiger charge is 2.21. The van der Waals surface area contributed by atoms with Gasteiger partial charge in [0, 0.05) is 24.2 Å². The van der Waals surface area contributed by atoms with Gasteiger partial charge in [0.25, 0.3) is 0 Å². The van der Waals surface area contributed by atoms with Crippen molar-refractivity contribution >= 4 is 5.71 Å².